The SMILES string of the molecule is CCOC(=O)O/N=c1/oc2ccc(C)cc2n2c(=O)onc12. The van der Waals surface area contributed by atoms with Crippen LogP contribution in [0, 0.1) is 6.92 Å². The van der Waals surface area contributed by atoms with Gasteiger partial charge in [-0.15, -0.1) is 0 Å². The van der Waals surface area contributed by atoms with Crippen LogP contribution in [0.3, 0.4) is 0 Å². The molecule has 0 aliphatic carbocycles. The third-order valence-electron chi connectivity index (χ3n) is 2.82. The third kappa shape index (κ3) is 2.32. The van der Waals surface area contributed by atoms with Crippen molar-refractivity contribution in [3.63, 3.8) is 0 Å². The van der Waals surface area contributed by atoms with Gasteiger partial charge in [-0.2, -0.15) is 0 Å². The van der Waals surface area contributed by atoms with Gasteiger partial charge in [0, 0.05) is 0 Å². The fourth-order valence-electron chi connectivity index (χ4n) is 1.92. The normalized spacial score (nSPS) is 12.0. The molecule has 0 radical (unpaired) electrons. The quantitative estimate of drug-likeness (QED) is 0.399. The Morgan fingerprint density at radius 3 is 3.05 bits per heavy atom. The number of rotatable bonds is 2. The number of carbonyl (C=O) groups is 1. The summed E-state index contributed by atoms with van der Waals surface area (Å²) in [5.74, 6) is -0.700. The molecule has 9 heteroatoms. The summed E-state index contributed by atoms with van der Waals surface area (Å²) in [6, 6.07) is 5.19. The molecule has 2 heterocycles. The molecule has 0 atom stereocenters. The van der Waals surface area contributed by atoms with Gasteiger partial charge in [-0.3, -0.25) is 9.36 Å². The van der Waals surface area contributed by atoms with Crippen LogP contribution in [0.25, 0.3) is 16.7 Å². The number of nitrogens with zero attached hydrogens (tertiary/aromatic N) is 3. The van der Waals surface area contributed by atoms with Gasteiger partial charge in [-0.1, -0.05) is 6.07 Å². The molecule has 114 valence electrons. The lowest BCUT2D eigenvalue weighted by Gasteiger charge is -2.01. The average molecular weight is 305 g/mol. The number of hydrogen-bond donors (Lipinski definition) is 0. The molecule has 0 fully saturated rings. The van der Waals surface area contributed by atoms with Crippen LogP contribution in [-0.4, -0.2) is 22.3 Å². The first-order chi connectivity index (χ1) is 10.6. The molecule has 9 nitrogen and oxygen atoms in total. The molecule has 0 bridgehead atoms. The van der Waals surface area contributed by atoms with Crippen LogP contribution in [0.15, 0.2) is 37.1 Å². The average Bonchev–Trinajstić information content (AvgIpc) is 2.88. The molecule has 0 saturated heterocycles. The number of fused-ring (bicyclic) bond motifs is 3. The number of ether oxygens (including phenoxy) is 1. The molecule has 0 spiro atoms. The van der Waals surface area contributed by atoms with E-state index in [-0.39, 0.29) is 17.8 Å². The molecular formula is C13H11N3O6. The van der Waals surface area contributed by atoms with Gasteiger partial charge >= 0.3 is 17.5 Å². The fraction of sp³-hybridized carbons (Fsp3) is 0.231. The van der Waals surface area contributed by atoms with Gasteiger partial charge in [0.2, 0.25) is 5.65 Å². The van der Waals surface area contributed by atoms with E-state index in [9.17, 15) is 9.59 Å². The molecule has 2 aromatic heterocycles. The zero-order valence-corrected chi connectivity index (χ0v) is 11.7. The van der Waals surface area contributed by atoms with E-state index in [1.54, 1.807) is 25.1 Å². The Kier molecular flexibility index (Phi) is 3.37. The summed E-state index contributed by atoms with van der Waals surface area (Å²) in [5, 5.41) is 7.09. The summed E-state index contributed by atoms with van der Waals surface area (Å²) < 4.78 is 15.9. The zero-order valence-electron chi connectivity index (χ0n) is 11.7. The minimum absolute atomic E-state index is 0.00704. The summed E-state index contributed by atoms with van der Waals surface area (Å²) in [7, 11) is 0. The van der Waals surface area contributed by atoms with Crippen molar-refractivity contribution in [2.24, 2.45) is 5.16 Å². The maximum atomic E-state index is 11.8. The van der Waals surface area contributed by atoms with Crippen molar-refractivity contribution in [3.05, 3.63) is 39.9 Å². The predicted octanol–water partition coefficient (Wildman–Crippen LogP) is 1.33. The molecule has 3 aromatic rings. The van der Waals surface area contributed by atoms with Crippen LogP contribution in [0.2, 0.25) is 0 Å². The lowest BCUT2D eigenvalue weighted by Crippen LogP contribution is -2.15. The minimum Gasteiger partial charge on any atom is -0.433 e. The Hall–Kier alpha value is -3.10. The predicted molar refractivity (Wildman–Crippen MR) is 71.9 cm³/mol. The smallest absolute Gasteiger partial charge is 0.433 e. The van der Waals surface area contributed by atoms with E-state index < -0.39 is 11.9 Å². The molecule has 0 aliphatic heterocycles. The van der Waals surface area contributed by atoms with Gasteiger partial charge in [-0.05, 0) is 41.9 Å². The second kappa shape index (κ2) is 5.35. The molecule has 0 N–H and O–H groups in total. The van der Waals surface area contributed by atoms with Crippen molar-refractivity contribution in [1.82, 2.24) is 9.56 Å². The first kappa shape index (κ1) is 13.9. The Bertz CT molecular complexity index is 981. The number of aryl methyl sites for hydroxylation is 1. The minimum atomic E-state index is -0.995. The number of carbonyl (C=O) groups excluding carboxylic acids is 1. The monoisotopic (exact) mass is 305 g/mol. The zero-order chi connectivity index (χ0) is 15.7. The first-order valence-corrected chi connectivity index (χ1v) is 6.40. The molecule has 3 rings (SSSR count). The first-order valence-electron chi connectivity index (χ1n) is 6.40. The molecular weight excluding hydrogens is 294 g/mol. The second-order valence-corrected chi connectivity index (χ2v) is 4.35. The van der Waals surface area contributed by atoms with Crippen LogP contribution in [-0.2, 0) is 9.57 Å². The van der Waals surface area contributed by atoms with Crippen molar-refractivity contribution in [2.75, 3.05) is 6.61 Å². The van der Waals surface area contributed by atoms with E-state index in [0.717, 1.165) is 5.56 Å². The molecule has 0 unspecified atom stereocenters. The van der Waals surface area contributed by atoms with Gasteiger partial charge in [0.05, 0.1) is 12.1 Å². The van der Waals surface area contributed by atoms with Gasteiger partial charge in [0.25, 0.3) is 0 Å². The molecule has 0 saturated carbocycles. The lowest BCUT2D eigenvalue weighted by molar-refractivity contribution is 0.0554. The summed E-state index contributed by atoms with van der Waals surface area (Å²) in [5.41, 5.74) is 1.55. The largest absolute Gasteiger partial charge is 0.535 e. The van der Waals surface area contributed by atoms with Gasteiger partial charge in [0.1, 0.15) is 0 Å². The highest BCUT2D eigenvalue weighted by atomic mass is 16.8. The van der Waals surface area contributed by atoms with Crippen LogP contribution >= 0.6 is 0 Å². The Morgan fingerprint density at radius 1 is 1.45 bits per heavy atom. The number of aromatic nitrogens is 2. The Labute approximate surface area is 122 Å². The fourth-order valence-corrected chi connectivity index (χ4v) is 1.92. The number of hydrogen-bond acceptors (Lipinski definition) is 8. The standard InChI is InChI=1S/C13H11N3O6/c1-3-19-13(18)22-15-11-10-14-21-12(17)16(10)8-6-7(2)4-5-9(8)20-11/h4-6H,3H2,1-2H3/b15-11+. The maximum absolute atomic E-state index is 11.8. The Balaban J connectivity index is 2.26. The highest BCUT2D eigenvalue weighted by Crippen LogP contribution is 2.14. The van der Waals surface area contributed by atoms with Gasteiger partial charge < -0.3 is 9.15 Å². The second-order valence-electron chi connectivity index (χ2n) is 4.35. The van der Waals surface area contributed by atoms with Crippen molar-refractivity contribution >= 4 is 22.9 Å². The molecule has 0 aliphatic rings. The molecule has 0 amide bonds. The van der Waals surface area contributed by atoms with Crippen LogP contribution in [0.1, 0.15) is 12.5 Å². The summed E-state index contributed by atoms with van der Waals surface area (Å²) in [4.78, 5) is 27.5. The van der Waals surface area contributed by atoms with E-state index in [0.29, 0.717) is 11.1 Å². The number of benzene rings is 1. The van der Waals surface area contributed by atoms with Crippen molar-refractivity contribution in [1.29, 1.82) is 0 Å². The van der Waals surface area contributed by atoms with E-state index >= 15 is 0 Å². The summed E-state index contributed by atoms with van der Waals surface area (Å²) in [6.07, 6.45) is -0.995. The summed E-state index contributed by atoms with van der Waals surface area (Å²) >= 11 is 0. The molecule has 22 heavy (non-hydrogen) atoms. The van der Waals surface area contributed by atoms with E-state index in [1.807, 2.05) is 6.92 Å². The van der Waals surface area contributed by atoms with E-state index in [2.05, 4.69) is 24.4 Å². The van der Waals surface area contributed by atoms with Crippen LogP contribution < -0.4 is 11.3 Å². The van der Waals surface area contributed by atoms with Crippen molar-refractivity contribution < 1.29 is 23.3 Å². The lowest BCUT2D eigenvalue weighted by atomic mass is 10.2. The molecule has 1 aromatic carbocycles. The van der Waals surface area contributed by atoms with E-state index in [4.69, 9.17) is 4.42 Å². The Morgan fingerprint density at radius 2 is 2.27 bits per heavy atom. The van der Waals surface area contributed by atoms with Gasteiger partial charge in [-0.25, -0.2) is 14.0 Å². The third-order valence-corrected chi connectivity index (χ3v) is 2.82. The highest BCUT2D eigenvalue weighted by molar-refractivity contribution is 5.75. The van der Waals surface area contributed by atoms with Gasteiger partial charge in [0.15, 0.2) is 5.58 Å². The van der Waals surface area contributed by atoms with Crippen molar-refractivity contribution in [2.45, 2.75) is 13.8 Å². The van der Waals surface area contributed by atoms with Crippen LogP contribution in [0.5, 0.6) is 0 Å². The van der Waals surface area contributed by atoms with E-state index in [1.165, 1.54) is 4.40 Å². The highest BCUT2D eigenvalue weighted by Gasteiger charge is 2.13. The van der Waals surface area contributed by atoms with Crippen molar-refractivity contribution in [3.8, 4) is 0 Å². The maximum Gasteiger partial charge on any atom is 0.535 e. The topological polar surface area (TPSA) is 109 Å². The summed E-state index contributed by atoms with van der Waals surface area (Å²) in [6.45, 7) is 3.63. The van der Waals surface area contributed by atoms with Crippen LogP contribution in [0.4, 0.5) is 4.79 Å².